The van der Waals surface area contributed by atoms with Crippen molar-refractivity contribution in [2.24, 2.45) is 0 Å². The van der Waals surface area contributed by atoms with Crippen LogP contribution in [0.3, 0.4) is 0 Å². The predicted molar refractivity (Wildman–Crippen MR) is 56.9 cm³/mol. The largest absolute Gasteiger partial charge is 0.465 e. The SMILES string of the molecule is CCOC(=O)Cn1ccc(Cl)c(Cl)c1=N. The number of aromatic nitrogens is 1. The van der Waals surface area contributed by atoms with Crippen LogP contribution in [0.4, 0.5) is 0 Å². The Kier molecular flexibility index (Phi) is 4.17. The van der Waals surface area contributed by atoms with Crippen molar-refractivity contribution in [1.82, 2.24) is 4.57 Å². The average Bonchev–Trinajstić information content (AvgIpc) is 2.20. The summed E-state index contributed by atoms with van der Waals surface area (Å²) in [6, 6.07) is 1.53. The third-order valence-corrected chi connectivity index (χ3v) is 2.50. The molecule has 0 bridgehead atoms. The zero-order chi connectivity index (χ0) is 11.4. The Morgan fingerprint density at radius 3 is 2.87 bits per heavy atom. The minimum Gasteiger partial charge on any atom is -0.465 e. The van der Waals surface area contributed by atoms with Crippen LogP contribution in [0.15, 0.2) is 12.3 Å². The average molecular weight is 249 g/mol. The molecule has 1 aromatic rings. The zero-order valence-electron chi connectivity index (χ0n) is 8.09. The molecule has 1 aromatic heterocycles. The molecule has 82 valence electrons. The molecule has 0 saturated heterocycles. The van der Waals surface area contributed by atoms with Gasteiger partial charge in [-0.3, -0.25) is 10.2 Å². The molecule has 4 nitrogen and oxygen atoms in total. The van der Waals surface area contributed by atoms with Crippen molar-refractivity contribution in [3.05, 3.63) is 27.8 Å². The summed E-state index contributed by atoms with van der Waals surface area (Å²) in [6.07, 6.45) is 1.52. The van der Waals surface area contributed by atoms with Crippen molar-refractivity contribution < 1.29 is 9.53 Å². The van der Waals surface area contributed by atoms with Crippen molar-refractivity contribution in [2.45, 2.75) is 13.5 Å². The lowest BCUT2D eigenvalue weighted by molar-refractivity contribution is -0.143. The Morgan fingerprint density at radius 1 is 1.60 bits per heavy atom. The summed E-state index contributed by atoms with van der Waals surface area (Å²) in [7, 11) is 0. The molecule has 0 aliphatic heterocycles. The number of pyridine rings is 1. The van der Waals surface area contributed by atoms with Gasteiger partial charge in [-0.25, -0.2) is 0 Å². The van der Waals surface area contributed by atoms with Gasteiger partial charge in [-0.1, -0.05) is 23.2 Å². The zero-order valence-corrected chi connectivity index (χ0v) is 9.60. The van der Waals surface area contributed by atoms with E-state index in [1.165, 1.54) is 16.8 Å². The molecule has 6 heteroatoms. The van der Waals surface area contributed by atoms with E-state index < -0.39 is 5.97 Å². The van der Waals surface area contributed by atoms with Gasteiger partial charge in [0.1, 0.15) is 17.1 Å². The molecule has 0 radical (unpaired) electrons. The molecule has 0 aliphatic carbocycles. The quantitative estimate of drug-likeness (QED) is 0.831. The Labute approximate surface area is 96.9 Å². The molecular weight excluding hydrogens is 239 g/mol. The van der Waals surface area contributed by atoms with Crippen LogP contribution in [0.25, 0.3) is 0 Å². The first kappa shape index (κ1) is 12.1. The Morgan fingerprint density at radius 2 is 2.27 bits per heavy atom. The van der Waals surface area contributed by atoms with Crippen LogP contribution < -0.4 is 5.49 Å². The summed E-state index contributed by atoms with van der Waals surface area (Å²) in [4.78, 5) is 11.2. The van der Waals surface area contributed by atoms with Crippen LogP contribution in [0.1, 0.15) is 6.92 Å². The fourth-order valence-corrected chi connectivity index (χ4v) is 1.34. The maximum atomic E-state index is 11.2. The highest BCUT2D eigenvalue weighted by Gasteiger charge is 2.07. The van der Waals surface area contributed by atoms with E-state index in [1.807, 2.05) is 0 Å². The van der Waals surface area contributed by atoms with E-state index >= 15 is 0 Å². The third-order valence-electron chi connectivity index (χ3n) is 1.71. The summed E-state index contributed by atoms with van der Waals surface area (Å²) in [5, 5.41) is 8.02. The number of halogens is 2. The van der Waals surface area contributed by atoms with Crippen molar-refractivity contribution in [3.63, 3.8) is 0 Å². The maximum absolute atomic E-state index is 11.2. The molecule has 0 aromatic carbocycles. The number of hydrogen-bond acceptors (Lipinski definition) is 3. The molecule has 1 heterocycles. The van der Waals surface area contributed by atoms with E-state index in [0.29, 0.717) is 11.6 Å². The fourth-order valence-electron chi connectivity index (χ4n) is 1.02. The van der Waals surface area contributed by atoms with Gasteiger partial charge in [-0.05, 0) is 13.0 Å². The lowest BCUT2D eigenvalue weighted by Crippen LogP contribution is -2.25. The lowest BCUT2D eigenvalue weighted by Gasteiger charge is -2.07. The van der Waals surface area contributed by atoms with Crippen LogP contribution in [0.2, 0.25) is 10.0 Å². The predicted octanol–water partition coefficient (Wildman–Crippen LogP) is 1.84. The number of rotatable bonds is 3. The number of ether oxygens (including phenoxy) is 1. The van der Waals surface area contributed by atoms with Crippen LogP contribution in [0, 0.1) is 5.41 Å². The van der Waals surface area contributed by atoms with Gasteiger partial charge in [0, 0.05) is 6.20 Å². The van der Waals surface area contributed by atoms with E-state index in [4.69, 9.17) is 33.3 Å². The molecule has 0 fully saturated rings. The van der Waals surface area contributed by atoms with Crippen molar-refractivity contribution >= 4 is 29.2 Å². The molecule has 1 N–H and O–H groups in total. The Balaban J connectivity index is 2.92. The number of carbonyl (C=O) groups excluding carboxylic acids is 1. The second-order valence-corrected chi connectivity index (χ2v) is 3.54. The first-order valence-electron chi connectivity index (χ1n) is 4.31. The minimum absolute atomic E-state index is 0.00257. The lowest BCUT2D eigenvalue weighted by atomic mass is 10.4. The fraction of sp³-hybridized carbons (Fsp3) is 0.333. The normalized spacial score (nSPS) is 10.1. The van der Waals surface area contributed by atoms with Crippen LogP contribution in [0.5, 0.6) is 0 Å². The minimum atomic E-state index is -0.408. The molecular formula is C9H10Cl2N2O2. The summed E-state index contributed by atoms with van der Waals surface area (Å²) in [5.41, 5.74) is -0.00257. The smallest absolute Gasteiger partial charge is 0.325 e. The number of carbonyl (C=O) groups is 1. The highest BCUT2D eigenvalue weighted by molar-refractivity contribution is 6.41. The molecule has 0 atom stereocenters. The van der Waals surface area contributed by atoms with Crippen LogP contribution >= 0.6 is 23.2 Å². The highest BCUT2D eigenvalue weighted by Crippen LogP contribution is 2.15. The van der Waals surface area contributed by atoms with Crippen LogP contribution in [-0.4, -0.2) is 17.1 Å². The Hall–Kier alpha value is -1.00. The summed E-state index contributed by atoms with van der Waals surface area (Å²) in [6.45, 7) is 2.00. The topological polar surface area (TPSA) is 55.1 Å². The van der Waals surface area contributed by atoms with Gasteiger partial charge in [0.2, 0.25) is 0 Å². The molecule has 0 amide bonds. The van der Waals surface area contributed by atoms with Gasteiger partial charge in [-0.15, -0.1) is 0 Å². The monoisotopic (exact) mass is 248 g/mol. The molecule has 15 heavy (non-hydrogen) atoms. The Bertz CT molecular complexity index is 429. The summed E-state index contributed by atoms with van der Waals surface area (Å²) >= 11 is 11.5. The molecule has 1 rings (SSSR count). The first-order valence-corrected chi connectivity index (χ1v) is 5.06. The van der Waals surface area contributed by atoms with Gasteiger partial charge in [-0.2, -0.15) is 0 Å². The van der Waals surface area contributed by atoms with E-state index in [1.54, 1.807) is 6.92 Å². The van der Waals surface area contributed by atoms with Gasteiger partial charge in [0.15, 0.2) is 0 Å². The second kappa shape index (κ2) is 5.19. The molecule has 0 unspecified atom stereocenters. The summed E-state index contributed by atoms with van der Waals surface area (Å²) in [5.74, 6) is -0.408. The van der Waals surface area contributed by atoms with Gasteiger partial charge in [0.25, 0.3) is 0 Å². The first-order chi connectivity index (χ1) is 7.06. The maximum Gasteiger partial charge on any atom is 0.325 e. The van der Waals surface area contributed by atoms with E-state index in [0.717, 1.165) is 0 Å². The van der Waals surface area contributed by atoms with E-state index in [-0.39, 0.29) is 17.1 Å². The number of nitrogens with zero attached hydrogens (tertiary/aromatic N) is 1. The van der Waals surface area contributed by atoms with Crippen LogP contribution in [-0.2, 0) is 16.1 Å². The van der Waals surface area contributed by atoms with E-state index in [2.05, 4.69) is 0 Å². The standard InChI is InChI=1S/C9H10Cl2N2O2/c1-2-15-7(14)5-13-4-3-6(10)8(11)9(13)12/h3-4,12H,2,5H2,1H3. The summed E-state index contributed by atoms with van der Waals surface area (Å²) < 4.78 is 6.12. The van der Waals surface area contributed by atoms with E-state index in [9.17, 15) is 4.79 Å². The molecule has 0 saturated carbocycles. The molecule has 0 spiro atoms. The highest BCUT2D eigenvalue weighted by atomic mass is 35.5. The van der Waals surface area contributed by atoms with Gasteiger partial charge < -0.3 is 9.30 Å². The molecule has 0 aliphatic rings. The third kappa shape index (κ3) is 2.97. The second-order valence-electron chi connectivity index (χ2n) is 2.76. The van der Waals surface area contributed by atoms with Gasteiger partial charge in [0.05, 0.1) is 11.6 Å². The van der Waals surface area contributed by atoms with Crippen molar-refractivity contribution in [3.8, 4) is 0 Å². The number of esters is 1. The van der Waals surface area contributed by atoms with Gasteiger partial charge >= 0.3 is 5.97 Å². The van der Waals surface area contributed by atoms with Crippen molar-refractivity contribution in [1.29, 1.82) is 5.41 Å². The number of nitrogens with one attached hydrogen (secondary N) is 1. The number of hydrogen-bond donors (Lipinski definition) is 1. The van der Waals surface area contributed by atoms with Crippen molar-refractivity contribution in [2.75, 3.05) is 6.61 Å².